The van der Waals surface area contributed by atoms with Crippen molar-refractivity contribution in [3.8, 4) is 17.6 Å². The van der Waals surface area contributed by atoms with Gasteiger partial charge in [0.2, 0.25) is 0 Å². The molecule has 162 valence electrons. The lowest BCUT2D eigenvalue weighted by molar-refractivity contribution is -0.112. The average molecular weight is 488 g/mol. The van der Waals surface area contributed by atoms with E-state index in [1.54, 1.807) is 42.5 Å². The molecule has 3 rings (SSSR count). The molecule has 3 aromatic carbocycles. The van der Waals surface area contributed by atoms with E-state index in [1.807, 2.05) is 18.2 Å². The summed E-state index contributed by atoms with van der Waals surface area (Å²) in [6.45, 7) is 0.216. The molecule has 0 spiro atoms. The summed E-state index contributed by atoms with van der Waals surface area (Å²) in [5, 5.41) is 13.5. The van der Waals surface area contributed by atoms with Crippen molar-refractivity contribution in [3.05, 3.63) is 92.4 Å². The third-order valence-corrected chi connectivity index (χ3v) is 5.14. The number of hydrogen-bond acceptors (Lipinski definition) is 4. The van der Waals surface area contributed by atoms with Crippen LogP contribution in [0.3, 0.4) is 0 Å². The molecule has 0 aliphatic heterocycles. The number of benzene rings is 3. The molecule has 32 heavy (non-hydrogen) atoms. The molecular formula is C24H17Cl3N2O3. The standard InChI is InChI=1S/C24H17Cl3N2O3/c1-31-22-7-3-5-16(23(22)32-14-15-4-2-6-18(25)10-15)11-17(13-28)24(30)29-21-12-19(26)8-9-20(21)27/h2-12H,14H2,1H3,(H,29,30)/b17-11+. The van der Waals surface area contributed by atoms with E-state index in [2.05, 4.69) is 5.32 Å². The second kappa shape index (κ2) is 10.9. The van der Waals surface area contributed by atoms with Crippen LogP contribution in [0.5, 0.6) is 11.5 Å². The molecule has 0 saturated carbocycles. The average Bonchev–Trinajstić information content (AvgIpc) is 2.78. The second-order valence-corrected chi connectivity index (χ2v) is 7.83. The number of nitrogens with one attached hydrogen (secondary N) is 1. The zero-order chi connectivity index (χ0) is 23.1. The fraction of sp³-hybridized carbons (Fsp3) is 0.0833. The molecule has 0 atom stereocenters. The van der Waals surface area contributed by atoms with Crippen LogP contribution < -0.4 is 14.8 Å². The largest absolute Gasteiger partial charge is 0.493 e. The van der Waals surface area contributed by atoms with Crippen molar-refractivity contribution in [1.82, 2.24) is 0 Å². The molecule has 0 aliphatic rings. The van der Waals surface area contributed by atoms with Gasteiger partial charge in [0.25, 0.3) is 5.91 Å². The first-order valence-corrected chi connectivity index (χ1v) is 10.5. The zero-order valence-electron chi connectivity index (χ0n) is 16.9. The zero-order valence-corrected chi connectivity index (χ0v) is 19.1. The summed E-state index contributed by atoms with van der Waals surface area (Å²) in [7, 11) is 1.51. The normalized spacial score (nSPS) is 10.9. The van der Waals surface area contributed by atoms with Crippen LogP contribution in [0.25, 0.3) is 6.08 Å². The van der Waals surface area contributed by atoms with Gasteiger partial charge in [-0.2, -0.15) is 5.26 Å². The number of amides is 1. The third kappa shape index (κ3) is 5.95. The Morgan fingerprint density at radius 3 is 2.53 bits per heavy atom. The number of ether oxygens (including phenoxy) is 2. The van der Waals surface area contributed by atoms with Gasteiger partial charge in [0, 0.05) is 15.6 Å². The highest BCUT2D eigenvalue weighted by Gasteiger charge is 2.15. The van der Waals surface area contributed by atoms with Crippen LogP contribution in [0.4, 0.5) is 5.69 Å². The van der Waals surface area contributed by atoms with E-state index in [1.165, 1.54) is 19.3 Å². The minimum atomic E-state index is -0.639. The number of rotatable bonds is 7. The molecule has 0 fully saturated rings. The maximum absolute atomic E-state index is 12.7. The van der Waals surface area contributed by atoms with Gasteiger partial charge in [0.05, 0.1) is 17.8 Å². The monoisotopic (exact) mass is 486 g/mol. The van der Waals surface area contributed by atoms with E-state index in [-0.39, 0.29) is 12.2 Å². The number of para-hydroxylation sites is 1. The lowest BCUT2D eigenvalue weighted by Gasteiger charge is -2.14. The summed E-state index contributed by atoms with van der Waals surface area (Å²) >= 11 is 18.1. The summed E-state index contributed by atoms with van der Waals surface area (Å²) in [5.74, 6) is 0.202. The SMILES string of the molecule is COc1cccc(/C=C(\C#N)C(=O)Nc2cc(Cl)ccc2Cl)c1OCc1cccc(Cl)c1. The van der Waals surface area contributed by atoms with E-state index in [0.29, 0.717) is 37.8 Å². The lowest BCUT2D eigenvalue weighted by Crippen LogP contribution is -2.14. The number of carbonyl (C=O) groups is 1. The van der Waals surface area contributed by atoms with Crippen molar-refractivity contribution in [3.63, 3.8) is 0 Å². The Kier molecular flexibility index (Phi) is 8.02. The Labute approximate surface area is 200 Å². The Bertz CT molecular complexity index is 1220. The highest BCUT2D eigenvalue weighted by molar-refractivity contribution is 6.36. The minimum absolute atomic E-state index is 0.151. The molecule has 1 amide bonds. The van der Waals surface area contributed by atoms with Gasteiger partial charge in [-0.05, 0) is 48.0 Å². The number of carbonyl (C=O) groups excluding carboxylic acids is 1. The van der Waals surface area contributed by atoms with Gasteiger partial charge in [0.1, 0.15) is 18.2 Å². The van der Waals surface area contributed by atoms with Crippen LogP contribution in [0, 0.1) is 11.3 Å². The maximum Gasteiger partial charge on any atom is 0.266 e. The lowest BCUT2D eigenvalue weighted by atomic mass is 10.1. The van der Waals surface area contributed by atoms with E-state index >= 15 is 0 Å². The van der Waals surface area contributed by atoms with Crippen LogP contribution in [-0.2, 0) is 11.4 Å². The molecule has 0 aromatic heterocycles. The predicted molar refractivity (Wildman–Crippen MR) is 127 cm³/mol. The summed E-state index contributed by atoms with van der Waals surface area (Å²) in [4.78, 5) is 12.7. The van der Waals surface area contributed by atoms with Crippen molar-refractivity contribution >= 4 is 52.5 Å². The van der Waals surface area contributed by atoms with E-state index in [0.717, 1.165) is 5.56 Å². The number of nitriles is 1. The van der Waals surface area contributed by atoms with E-state index < -0.39 is 5.91 Å². The molecule has 0 radical (unpaired) electrons. The molecule has 5 nitrogen and oxygen atoms in total. The first kappa shape index (κ1) is 23.5. The first-order valence-electron chi connectivity index (χ1n) is 9.33. The van der Waals surface area contributed by atoms with Crippen LogP contribution in [-0.4, -0.2) is 13.0 Å². The summed E-state index contributed by atoms with van der Waals surface area (Å²) in [6.07, 6.45) is 1.42. The van der Waals surface area contributed by atoms with Gasteiger partial charge < -0.3 is 14.8 Å². The highest BCUT2D eigenvalue weighted by atomic mass is 35.5. The fourth-order valence-electron chi connectivity index (χ4n) is 2.83. The van der Waals surface area contributed by atoms with Gasteiger partial charge in [0.15, 0.2) is 11.5 Å². The van der Waals surface area contributed by atoms with Crippen molar-refractivity contribution in [2.45, 2.75) is 6.61 Å². The molecule has 0 saturated heterocycles. The molecule has 0 heterocycles. The van der Waals surface area contributed by atoms with Crippen molar-refractivity contribution < 1.29 is 14.3 Å². The molecular weight excluding hydrogens is 471 g/mol. The first-order chi connectivity index (χ1) is 15.4. The Morgan fingerprint density at radius 1 is 1.06 bits per heavy atom. The predicted octanol–water partition coefficient (Wildman–Crippen LogP) is 6.78. The summed E-state index contributed by atoms with van der Waals surface area (Å²) < 4.78 is 11.4. The minimum Gasteiger partial charge on any atom is -0.493 e. The van der Waals surface area contributed by atoms with Crippen molar-refractivity contribution in [2.24, 2.45) is 0 Å². The van der Waals surface area contributed by atoms with Crippen LogP contribution in [0.2, 0.25) is 15.1 Å². The van der Waals surface area contributed by atoms with Crippen LogP contribution in [0.15, 0.2) is 66.2 Å². The van der Waals surface area contributed by atoms with E-state index in [9.17, 15) is 10.1 Å². The van der Waals surface area contributed by atoms with Crippen LogP contribution in [0.1, 0.15) is 11.1 Å². The van der Waals surface area contributed by atoms with E-state index in [4.69, 9.17) is 44.3 Å². The van der Waals surface area contributed by atoms with Gasteiger partial charge in [-0.25, -0.2) is 0 Å². The topological polar surface area (TPSA) is 71.3 Å². The van der Waals surface area contributed by atoms with Gasteiger partial charge >= 0.3 is 0 Å². The molecule has 1 N–H and O–H groups in total. The summed E-state index contributed by atoms with van der Waals surface area (Å²) in [5.41, 5.74) is 1.50. The quantitative estimate of drug-likeness (QED) is 0.294. The number of anilines is 1. The van der Waals surface area contributed by atoms with Gasteiger partial charge in [-0.15, -0.1) is 0 Å². The Balaban J connectivity index is 1.90. The van der Waals surface area contributed by atoms with Crippen LogP contribution >= 0.6 is 34.8 Å². The molecule has 3 aromatic rings. The number of methoxy groups -OCH3 is 1. The Morgan fingerprint density at radius 2 is 1.81 bits per heavy atom. The second-order valence-electron chi connectivity index (χ2n) is 6.55. The van der Waals surface area contributed by atoms with Gasteiger partial charge in [-0.3, -0.25) is 4.79 Å². The number of nitrogens with zero attached hydrogens (tertiary/aromatic N) is 1. The third-order valence-electron chi connectivity index (χ3n) is 4.34. The maximum atomic E-state index is 12.7. The molecule has 0 aliphatic carbocycles. The summed E-state index contributed by atoms with van der Waals surface area (Å²) in [6, 6.07) is 19.0. The fourth-order valence-corrected chi connectivity index (χ4v) is 3.38. The van der Waals surface area contributed by atoms with Crippen molar-refractivity contribution in [1.29, 1.82) is 5.26 Å². The number of hydrogen-bond donors (Lipinski definition) is 1. The smallest absolute Gasteiger partial charge is 0.266 e. The van der Waals surface area contributed by atoms with Crippen molar-refractivity contribution in [2.75, 3.05) is 12.4 Å². The highest BCUT2D eigenvalue weighted by Crippen LogP contribution is 2.34. The molecule has 0 unspecified atom stereocenters. The van der Waals surface area contributed by atoms with Gasteiger partial charge in [-0.1, -0.05) is 59.1 Å². The molecule has 8 heteroatoms. The Hall–Kier alpha value is -3.17. The number of halogens is 3. The molecule has 0 bridgehead atoms.